The Kier molecular flexibility index (Phi) is 4.50. The van der Waals surface area contributed by atoms with E-state index in [-0.39, 0.29) is 5.78 Å². The maximum absolute atomic E-state index is 12.1. The standard InChI is InChI=1S/C11H21NO3S/c1-4-11(13)10-7-5-6-8-12(10)16(14,15)9(2)3/h9-10H,4-8H2,1-3H3/t10-/m0/s1. The van der Waals surface area contributed by atoms with Gasteiger partial charge >= 0.3 is 0 Å². The van der Waals surface area contributed by atoms with Crippen LogP contribution in [0, 0.1) is 0 Å². The van der Waals surface area contributed by atoms with Crippen molar-refractivity contribution in [1.82, 2.24) is 4.31 Å². The van der Waals surface area contributed by atoms with Crippen LogP contribution in [0.3, 0.4) is 0 Å². The van der Waals surface area contributed by atoms with Gasteiger partial charge in [0, 0.05) is 13.0 Å². The van der Waals surface area contributed by atoms with Crippen molar-refractivity contribution in [2.75, 3.05) is 6.54 Å². The fourth-order valence-corrected chi connectivity index (χ4v) is 3.54. The molecule has 0 saturated carbocycles. The van der Waals surface area contributed by atoms with E-state index in [1.165, 1.54) is 4.31 Å². The summed E-state index contributed by atoms with van der Waals surface area (Å²) in [5, 5.41) is -0.447. The molecular weight excluding hydrogens is 226 g/mol. The number of carbonyl (C=O) groups is 1. The molecule has 1 rings (SSSR count). The van der Waals surface area contributed by atoms with E-state index in [2.05, 4.69) is 0 Å². The van der Waals surface area contributed by atoms with Crippen molar-refractivity contribution in [1.29, 1.82) is 0 Å². The van der Waals surface area contributed by atoms with Gasteiger partial charge in [0.1, 0.15) is 0 Å². The molecule has 1 fully saturated rings. The van der Waals surface area contributed by atoms with Crippen molar-refractivity contribution in [2.45, 2.75) is 57.7 Å². The number of ketones is 1. The van der Waals surface area contributed by atoms with Gasteiger partial charge in [-0.1, -0.05) is 13.3 Å². The Hall–Kier alpha value is -0.420. The minimum atomic E-state index is -3.29. The minimum absolute atomic E-state index is 0.0453. The molecular formula is C11H21NO3S. The molecule has 1 aliphatic rings. The minimum Gasteiger partial charge on any atom is -0.298 e. The summed E-state index contributed by atoms with van der Waals surface area (Å²) in [5.74, 6) is 0.0453. The zero-order valence-corrected chi connectivity index (χ0v) is 11.1. The summed E-state index contributed by atoms with van der Waals surface area (Å²) >= 11 is 0. The summed E-state index contributed by atoms with van der Waals surface area (Å²) in [7, 11) is -3.29. The van der Waals surface area contributed by atoms with Gasteiger partial charge in [-0.15, -0.1) is 0 Å². The van der Waals surface area contributed by atoms with Crippen molar-refractivity contribution in [2.24, 2.45) is 0 Å². The van der Waals surface area contributed by atoms with Crippen LogP contribution in [-0.2, 0) is 14.8 Å². The van der Waals surface area contributed by atoms with E-state index < -0.39 is 21.3 Å². The average molecular weight is 247 g/mol. The number of hydrogen-bond acceptors (Lipinski definition) is 3. The van der Waals surface area contributed by atoms with E-state index in [1.807, 2.05) is 0 Å². The third-order valence-electron chi connectivity index (χ3n) is 3.10. The van der Waals surface area contributed by atoms with Crippen LogP contribution in [0.2, 0.25) is 0 Å². The van der Waals surface area contributed by atoms with Crippen LogP contribution in [0.1, 0.15) is 46.5 Å². The number of nitrogens with zero attached hydrogens (tertiary/aromatic N) is 1. The highest BCUT2D eigenvalue weighted by Crippen LogP contribution is 2.24. The number of carbonyl (C=O) groups excluding carboxylic acids is 1. The van der Waals surface area contributed by atoms with Crippen LogP contribution in [0.4, 0.5) is 0 Å². The summed E-state index contributed by atoms with van der Waals surface area (Å²) in [5.41, 5.74) is 0. The number of rotatable bonds is 4. The normalized spacial score (nSPS) is 23.6. The molecule has 0 aliphatic carbocycles. The molecule has 1 saturated heterocycles. The second-order valence-corrected chi connectivity index (χ2v) is 6.98. The molecule has 1 heterocycles. The molecule has 16 heavy (non-hydrogen) atoms. The molecule has 0 bridgehead atoms. The maximum atomic E-state index is 12.1. The molecule has 0 unspecified atom stereocenters. The van der Waals surface area contributed by atoms with E-state index in [0.29, 0.717) is 19.4 Å². The molecule has 0 N–H and O–H groups in total. The Morgan fingerprint density at radius 3 is 2.50 bits per heavy atom. The summed E-state index contributed by atoms with van der Waals surface area (Å²) in [6.07, 6.45) is 2.90. The Labute approximate surface area is 98.1 Å². The molecule has 0 amide bonds. The molecule has 1 atom stereocenters. The van der Waals surface area contributed by atoms with Crippen molar-refractivity contribution in [3.05, 3.63) is 0 Å². The molecule has 0 radical (unpaired) electrons. The lowest BCUT2D eigenvalue weighted by molar-refractivity contribution is -0.123. The number of sulfonamides is 1. The van der Waals surface area contributed by atoms with Crippen LogP contribution in [0.5, 0.6) is 0 Å². The van der Waals surface area contributed by atoms with Gasteiger partial charge in [-0.2, -0.15) is 4.31 Å². The number of piperidine rings is 1. The smallest absolute Gasteiger partial charge is 0.217 e. The van der Waals surface area contributed by atoms with Gasteiger partial charge in [0.05, 0.1) is 11.3 Å². The Balaban J connectivity index is 2.95. The van der Waals surface area contributed by atoms with Gasteiger partial charge in [0.25, 0.3) is 0 Å². The van der Waals surface area contributed by atoms with Crippen LogP contribution in [0.15, 0.2) is 0 Å². The highest BCUT2D eigenvalue weighted by atomic mass is 32.2. The monoisotopic (exact) mass is 247 g/mol. The predicted octanol–water partition coefficient (Wildman–Crippen LogP) is 1.56. The third kappa shape index (κ3) is 2.63. The quantitative estimate of drug-likeness (QED) is 0.757. The van der Waals surface area contributed by atoms with Gasteiger partial charge in [0.2, 0.25) is 10.0 Å². The van der Waals surface area contributed by atoms with Gasteiger partial charge < -0.3 is 0 Å². The lowest BCUT2D eigenvalue weighted by Gasteiger charge is -2.34. The Bertz CT molecular complexity index is 348. The van der Waals surface area contributed by atoms with Crippen LogP contribution >= 0.6 is 0 Å². The summed E-state index contributed by atoms with van der Waals surface area (Å²) in [4.78, 5) is 11.7. The van der Waals surface area contributed by atoms with Gasteiger partial charge in [0.15, 0.2) is 5.78 Å². The summed E-state index contributed by atoms with van der Waals surface area (Å²) in [6, 6.07) is -0.411. The molecule has 0 aromatic rings. The van der Waals surface area contributed by atoms with Crippen molar-refractivity contribution < 1.29 is 13.2 Å². The Morgan fingerprint density at radius 1 is 1.38 bits per heavy atom. The third-order valence-corrected chi connectivity index (χ3v) is 5.38. The maximum Gasteiger partial charge on any atom is 0.217 e. The van der Waals surface area contributed by atoms with Crippen molar-refractivity contribution in [3.8, 4) is 0 Å². The van der Waals surface area contributed by atoms with E-state index >= 15 is 0 Å². The molecule has 0 aromatic carbocycles. The number of hydrogen-bond donors (Lipinski definition) is 0. The highest BCUT2D eigenvalue weighted by molar-refractivity contribution is 7.89. The van der Waals surface area contributed by atoms with Gasteiger partial charge in [-0.25, -0.2) is 8.42 Å². The van der Waals surface area contributed by atoms with Gasteiger partial charge in [-0.05, 0) is 26.7 Å². The van der Waals surface area contributed by atoms with E-state index in [0.717, 1.165) is 12.8 Å². The highest BCUT2D eigenvalue weighted by Gasteiger charge is 2.36. The zero-order valence-electron chi connectivity index (χ0n) is 10.3. The molecule has 4 nitrogen and oxygen atoms in total. The molecule has 0 spiro atoms. The summed E-state index contributed by atoms with van der Waals surface area (Å²) in [6.45, 7) is 5.61. The first kappa shape index (κ1) is 13.6. The molecule has 5 heteroatoms. The van der Waals surface area contributed by atoms with Gasteiger partial charge in [-0.3, -0.25) is 4.79 Å². The predicted molar refractivity (Wildman–Crippen MR) is 63.7 cm³/mol. The zero-order chi connectivity index (χ0) is 12.3. The van der Waals surface area contributed by atoms with E-state index in [4.69, 9.17) is 0 Å². The molecule has 0 aromatic heterocycles. The first-order valence-electron chi connectivity index (χ1n) is 5.94. The second-order valence-electron chi connectivity index (χ2n) is 4.54. The molecule has 1 aliphatic heterocycles. The number of Topliss-reactive ketones (excluding diaryl/α,β-unsaturated/α-hetero) is 1. The lowest BCUT2D eigenvalue weighted by atomic mass is 10.00. The molecule has 94 valence electrons. The fraction of sp³-hybridized carbons (Fsp3) is 0.909. The van der Waals surface area contributed by atoms with Crippen LogP contribution in [-0.4, -0.2) is 36.3 Å². The SMILES string of the molecule is CCC(=O)[C@@H]1CCCCN1S(=O)(=O)C(C)C. The Morgan fingerprint density at radius 2 is 2.00 bits per heavy atom. The van der Waals surface area contributed by atoms with E-state index in [1.54, 1.807) is 20.8 Å². The van der Waals surface area contributed by atoms with Crippen molar-refractivity contribution >= 4 is 15.8 Å². The van der Waals surface area contributed by atoms with E-state index in [9.17, 15) is 13.2 Å². The lowest BCUT2D eigenvalue weighted by Crippen LogP contribution is -2.50. The van der Waals surface area contributed by atoms with Crippen LogP contribution < -0.4 is 0 Å². The summed E-state index contributed by atoms with van der Waals surface area (Å²) < 4.78 is 25.6. The topological polar surface area (TPSA) is 54.5 Å². The van der Waals surface area contributed by atoms with Crippen LogP contribution in [0.25, 0.3) is 0 Å². The fourth-order valence-electron chi connectivity index (χ4n) is 2.04. The van der Waals surface area contributed by atoms with Crippen molar-refractivity contribution in [3.63, 3.8) is 0 Å². The second kappa shape index (κ2) is 5.27. The average Bonchev–Trinajstić information content (AvgIpc) is 2.27. The largest absolute Gasteiger partial charge is 0.298 e. The first-order valence-corrected chi connectivity index (χ1v) is 7.45. The first-order chi connectivity index (χ1) is 7.41.